The monoisotopic (exact) mass is 285 g/mol. The molecule has 0 bridgehead atoms. The van der Waals surface area contributed by atoms with Crippen LogP contribution in [0, 0.1) is 0 Å². The van der Waals surface area contributed by atoms with Crippen LogP contribution in [0.3, 0.4) is 0 Å². The molecular weight excluding hydrogens is 266 g/mol. The normalized spacial score (nSPS) is 22.4. The van der Waals surface area contributed by atoms with Gasteiger partial charge in [0.25, 0.3) is 0 Å². The van der Waals surface area contributed by atoms with Crippen LogP contribution in [0.15, 0.2) is 18.2 Å². The minimum Gasteiger partial charge on any atom is -0.490 e. The lowest BCUT2D eigenvalue weighted by atomic mass is 9.95. The van der Waals surface area contributed by atoms with Crippen molar-refractivity contribution in [2.45, 2.75) is 31.9 Å². The molecule has 2 unspecified atom stereocenters. The van der Waals surface area contributed by atoms with Crippen LogP contribution in [0.4, 0.5) is 0 Å². The number of ether oxygens (including phenoxy) is 1. The Hall–Kier alpha value is -0.380. The summed E-state index contributed by atoms with van der Waals surface area (Å²) in [6, 6.07) is 6.28. The SMILES string of the molecule is CCNC1CC(CCSC)Oc2ccc(Cl)cc21. The molecular formula is C14H20ClNOS. The van der Waals surface area contributed by atoms with E-state index in [4.69, 9.17) is 16.3 Å². The Balaban J connectivity index is 2.17. The maximum atomic E-state index is 6.08. The van der Waals surface area contributed by atoms with E-state index >= 15 is 0 Å². The molecule has 0 amide bonds. The van der Waals surface area contributed by atoms with Gasteiger partial charge in [0.05, 0.1) is 0 Å². The number of rotatable bonds is 5. The first-order valence-corrected chi connectivity index (χ1v) is 8.20. The van der Waals surface area contributed by atoms with Gasteiger partial charge < -0.3 is 10.1 Å². The highest BCUT2D eigenvalue weighted by Gasteiger charge is 2.27. The van der Waals surface area contributed by atoms with Gasteiger partial charge in [-0.05, 0) is 43.2 Å². The van der Waals surface area contributed by atoms with Crippen molar-refractivity contribution < 1.29 is 4.74 Å². The quantitative estimate of drug-likeness (QED) is 0.887. The van der Waals surface area contributed by atoms with E-state index in [2.05, 4.69) is 18.5 Å². The maximum Gasteiger partial charge on any atom is 0.124 e. The van der Waals surface area contributed by atoms with Crippen LogP contribution < -0.4 is 10.1 Å². The van der Waals surface area contributed by atoms with E-state index in [1.54, 1.807) is 0 Å². The van der Waals surface area contributed by atoms with Crippen LogP contribution >= 0.6 is 23.4 Å². The molecule has 1 aromatic rings. The fraction of sp³-hybridized carbons (Fsp3) is 0.571. The molecule has 0 aliphatic carbocycles. The summed E-state index contributed by atoms with van der Waals surface area (Å²) in [6.45, 7) is 3.10. The van der Waals surface area contributed by atoms with Gasteiger partial charge in [-0.25, -0.2) is 0 Å². The second-order valence-electron chi connectivity index (χ2n) is 4.55. The van der Waals surface area contributed by atoms with Gasteiger partial charge in [-0.1, -0.05) is 18.5 Å². The van der Waals surface area contributed by atoms with Gasteiger partial charge in [-0.15, -0.1) is 0 Å². The molecule has 0 fully saturated rings. The molecule has 2 nitrogen and oxygen atoms in total. The Morgan fingerprint density at radius 3 is 3.06 bits per heavy atom. The van der Waals surface area contributed by atoms with Crippen LogP contribution in [-0.2, 0) is 0 Å². The van der Waals surface area contributed by atoms with Crippen molar-refractivity contribution in [2.75, 3.05) is 18.6 Å². The van der Waals surface area contributed by atoms with Crippen molar-refractivity contribution in [1.29, 1.82) is 0 Å². The lowest BCUT2D eigenvalue weighted by molar-refractivity contribution is 0.147. The highest BCUT2D eigenvalue weighted by Crippen LogP contribution is 2.37. The van der Waals surface area contributed by atoms with Gasteiger partial charge >= 0.3 is 0 Å². The van der Waals surface area contributed by atoms with E-state index in [9.17, 15) is 0 Å². The van der Waals surface area contributed by atoms with Crippen LogP contribution in [-0.4, -0.2) is 24.7 Å². The van der Waals surface area contributed by atoms with Crippen molar-refractivity contribution in [2.24, 2.45) is 0 Å². The van der Waals surface area contributed by atoms with Crippen LogP contribution in [0.1, 0.15) is 31.4 Å². The highest BCUT2D eigenvalue weighted by molar-refractivity contribution is 7.98. The van der Waals surface area contributed by atoms with E-state index < -0.39 is 0 Å². The third kappa shape index (κ3) is 3.34. The zero-order valence-electron chi connectivity index (χ0n) is 10.9. The fourth-order valence-corrected chi connectivity index (χ4v) is 3.06. The van der Waals surface area contributed by atoms with Gasteiger partial charge in [0.15, 0.2) is 0 Å². The molecule has 0 saturated carbocycles. The summed E-state index contributed by atoms with van der Waals surface area (Å²) in [5.41, 5.74) is 1.20. The van der Waals surface area contributed by atoms with E-state index in [-0.39, 0.29) is 0 Å². The average Bonchev–Trinajstić information content (AvgIpc) is 2.37. The van der Waals surface area contributed by atoms with E-state index in [0.29, 0.717) is 12.1 Å². The van der Waals surface area contributed by atoms with Crippen LogP contribution in [0.5, 0.6) is 5.75 Å². The van der Waals surface area contributed by atoms with Crippen molar-refractivity contribution in [3.05, 3.63) is 28.8 Å². The lowest BCUT2D eigenvalue weighted by Crippen LogP contribution is -2.33. The molecule has 1 aliphatic rings. The Labute approximate surface area is 118 Å². The predicted octanol–water partition coefficient (Wildman–Crippen LogP) is 3.89. The first-order chi connectivity index (χ1) is 8.74. The van der Waals surface area contributed by atoms with Crippen molar-refractivity contribution in [3.63, 3.8) is 0 Å². The summed E-state index contributed by atoms with van der Waals surface area (Å²) >= 11 is 7.95. The number of hydrogen-bond acceptors (Lipinski definition) is 3. The van der Waals surface area contributed by atoms with Gasteiger partial charge in [-0.2, -0.15) is 11.8 Å². The van der Waals surface area contributed by atoms with E-state index in [1.807, 2.05) is 30.0 Å². The van der Waals surface area contributed by atoms with Crippen LogP contribution in [0.2, 0.25) is 5.02 Å². The molecule has 18 heavy (non-hydrogen) atoms. The Morgan fingerprint density at radius 1 is 1.50 bits per heavy atom. The Bertz CT molecular complexity index is 399. The Morgan fingerprint density at radius 2 is 2.33 bits per heavy atom. The molecule has 0 spiro atoms. The summed E-state index contributed by atoms with van der Waals surface area (Å²) in [6.07, 6.45) is 4.58. The summed E-state index contributed by atoms with van der Waals surface area (Å²) in [5.74, 6) is 2.13. The van der Waals surface area contributed by atoms with Crippen molar-refractivity contribution in [3.8, 4) is 5.75 Å². The van der Waals surface area contributed by atoms with E-state index in [0.717, 1.165) is 35.9 Å². The number of nitrogens with one attached hydrogen (secondary N) is 1. The third-order valence-corrected chi connectivity index (χ3v) is 4.11. The largest absolute Gasteiger partial charge is 0.490 e. The number of hydrogen-bond donors (Lipinski definition) is 1. The summed E-state index contributed by atoms with van der Waals surface area (Å²) in [4.78, 5) is 0. The van der Waals surface area contributed by atoms with Gasteiger partial charge in [-0.3, -0.25) is 0 Å². The molecule has 2 rings (SSSR count). The predicted molar refractivity (Wildman–Crippen MR) is 79.9 cm³/mol. The number of fused-ring (bicyclic) bond motifs is 1. The highest BCUT2D eigenvalue weighted by atomic mass is 35.5. The molecule has 100 valence electrons. The van der Waals surface area contributed by atoms with Gasteiger partial charge in [0.1, 0.15) is 11.9 Å². The molecule has 1 aromatic carbocycles. The molecule has 1 N–H and O–H groups in total. The number of thioether (sulfide) groups is 1. The summed E-state index contributed by atoms with van der Waals surface area (Å²) < 4.78 is 6.05. The number of benzene rings is 1. The molecule has 2 atom stereocenters. The third-order valence-electron chi connectivity index (χ3n) is 3.23. The summed E-state index contributed by atoms with van der Waals surface area (Å²) in [5, 5.41) is 4.31. The topological polar surface area (TPSA) is 21.3 Å². The van der Waals surface area contributed by atoms with Crippen molar-refractivity contribution >= 4 is 23.4 Å². The van der Waals surface area contributed by atoms with Crippen LogP contribution in [0.25, 0.3) is 0 Å². The molecule has 4 heteroatoms. The molecule has 0 saturated heterocycles. The van der Waals surface area contributed by atoms with Gasteiger partial charge in [0, 0.05) is 23.0 Å². The molecule has 0 aromatic heterocycles. The second-order valence-corrected chi connectivity index (χ2v) is 5.97. The molecule has 0 radical (unpaired) electrons. The first-order valence-electron chi connectivity index (χ1n) is 6.43. The fourth-order valence-electron chi connectivity index (χ4n) is 2.38. The molecule has 1 aliphatic heterocycles. The average molecular weight is 286 g/mol. The smallest absolute Gasteiger partial charge is 0.124 e. The second kappa shape index (κ2) is 6.69. The first kappa shape index (κ1) is 14.0. The zero-order chi connectivity index (χ0) is 13.0. The van der Waals surface area contributed by atoms with Gasteiger partial charge in [0.2, 0.25) is 0 Å². The molecule has 1 heterocycles. The lowest BCUT2D eigenvalue weighted by Gasteiger charge is -2.32. The minimum absolute atomic E-state index is 0.315. The zero-order valence-corrected chi connectivity index (χ0v) is 12.5. The standard InChI is InChI=1S/C14H20ClNOS/c1-3-16-13-9-11(6-7-18-2)17-14-5-4-10(15)8-12(13)14/h4-5,8,11,13,16H,3,6-7,9H2,1-2H3. The minimum atomic E-state index is 0.315. The van der Waals surface area contributed by atoms with E-state index in [1.165, 1.54) is 5.56 Å². The maximum absolute atomic E-state index is 6.08. The Kier molecular flexibility index (Phi) is 5.22. The number of halogens is 1. The summed E-state index contributed by atoms with van der Waals surface area (Å²) in [7, 11) is 0. The van der Waals surface area contributed by atoms with Crippen molar-refractivity contribution in [1.82, 2.24) is 5.32 Å².